The Morgan fingerprint density at radius 2 is 1.53 bits per heavy atom. The van der Waals surface area contributed by atoms with Gasteiger partial charge >= 0.3 is 0 Å². The number of anilines is 1. The van der Waals surface area contributed by atoms with Crippen molar-refractivity contribution >= 4 is 22.4 Å². The fourth-order valence-corrected chi connectivity index (χ4v) is 4.62. The van der Waals surface area contributed by atoms with E-state index in [2.05, 4.69) is 79.7 Å². The third kappa shape index (κ3) is 3.29. The Labute approximate surface area is 177 Å². The standard InChI is InChI=1S/C28H25NO/c1-2-20-12-14-23(15-13-20)25-18-27(30)29(19-21-8-4-3-5-9-21)26-17-16-22-10-6-7-11-24(22)28(25)26/h3-17,25H,2,18-19H2,1H3. The molecule has 0 bridgehead atoms. The number of aryl methyl sites for hydroxylation is 1. The topological polar surface area (TPSA) is 20.3 Å². The average Bonchev–Trinajstić information content (AvgIpc) is 2.81. The first-order chi connectivity index (χ1) is 14.7. The Morgan fingerprint density at radius 1 is 0.800 bits per heavy atom. The lowest BCUT2D eigenvalue weighted by atomic mass is 9.81. The number of amides is 1. The second-order valence-corrected chi connectivity index (χ2v) is 8.04. The smallest absolute Gasteiger partial charge is 0.228 e. The Kier molecular flexibility index (Phi) is 4.84. The van der Waals surface area contributed by atoms with Gasteiger partial charge in [-0.25, -0.2) is 0 Å². The van der Waals surface area contributed by atoms with Gasteiger partial charge in [0.15, 0.2) is 0 Å². The van der Waals surface area contributed by atoms with Gasteiger partial charge in [0, 0.05) is 18.0 Å². The van der Waals surface area contributed by atoms with Crippen LogP contribution in [0.3, 0.4) is 0 Å². The van der Waals surface area contributed by atoms with Crippen molar-refractivity contribution in [2.45, 2.75) is 32.2 Å². The minimum atomic E-state index is 0.0801. The summed E-state index contributed by atoms with van der Waals surface area (Å²) in [6.07, 6.45) is 1.52. The van der Waals surface area contributed by atoms with Crippen LogP contribution in [-0.2, 0) is 17.8 Å². The molecule has 1 aliphatic rings. The number of rotatable bonds is 4. The molecule has 2 nitrogen and oxygen atoms in total. The number of carbonyl (C=O) groups is 1. The molecule has 0 N–H and O–H groups in total. The zero-order valence-corrected chi connectivity index (χ0v) is 17.2. The minimum Gasteiger partial charge on any atom is -0.308 e. The fourth-order valence-electron chi connectivity index (χ4n) is 4.62. The molecular formula is C28H25NO. The van der Waals surface area contributed by atoms with E-state index in [4.69, 9.17) is 0 Å². The first-order valence-corrected chi connectivity index (χ1v) is 10.7. The van der Waals surface area contributed by atoms with Crippen LogP contribution in [0.1, 0.15) is 41.5 Å². The minimum absolute atomic E-state index is 0.0801. The van der Waals surface area contributed by atoms with Gasteiger partial charge < -0.3 is 4.90 Å². The van der Waals surface area contributed by atoms with Crippen LogP contribution in [0.2, 0.25) is 0 Å². The Bertz CT molecular complexity index is 1190. The van der Waals surface area contributed by atoms with Crippen LogP contribution in [-0.4, -0.2) is 5.91 Å². The summed E-state index contributed by atoms with van der Waals surface area (Å²) >= 11 is 0. The molecule has 1 amide bonds. The lowest BCUT2D eigenvalue weighted by molar-refractivity contribution is -0.119. The van der Waals surface area contributed by atoms with E-state index in [1.54, 1.807) is 0 Å². The second kappa shape index (κ2) is 7.79. The summed E-state index contributed by atoms with van der Waals surface area (Å²) < 4.78 is 0. The maximum atomic E-state index is 13.3. The highest BCUT2D eigenvalue weighted by Crippen LogP contribution is 2.44. The van der Waals surface area contributed by atoms with Crippen LogP contribution in [0.15, 0.2) is 91.0 Å². The van der Waals surface area contributed by atoms with Crippen molar-refractivity contribution in [3.63, 3.8) is 0 Å². The van der Waals surface area contributed by atoms with Gasteiger partial charge in [0.2, 0.25) is 5.91 Å². The molecule has 30 heavy (non-hydrogen) atoms. The van der Waals surface area contributed by atoms with Crippen LogP contribution in [0.25, 0.3) is 10.8 Å². The molecule has 0 fully saturated rings. The van der Waals surface area contributed by atoms with Crippen molar-refractivity contribution < 1.29 is 4.79 Å². The molecule has 2 heteroatoms. The predicted octanol–water partition coefficient (Wildman–Crippen LogP) is 6.47. The van der Waals surface area contributed by atoms with Gasteiger partial charge in [0.1, 0.15) is 0 Å². The maximum absolute atomic E-state index is 13.3. The van der Waals surface area contributed by atoms with E-state index in [1.807, 2.05) is 23.1 Å². The van der Waals surface area contributed by atoms with Crippen molar-refractivity contribution in [3.8, 4) is 0 Å². The maximum Gasteiger partial charge on any atom is 0.228 e. The Hall–Kier alpha value is -3.39. The third-order valence-electron chi connectivity index (χ3n) is 6.24. The van der Waals surface area contributed by atoms with Gasteiger partial charge in [-0.3, -0.25) is 4.79 Å². The first kappa shape index (κ1) is 18.6. The highest BCUT2D eigenvalue weighted by atomic mass is 16.2. The number of hydrogen-bond acceptors (Lipinski definition) is 1. The molecule has 0 spiro atoms. The van der Waals surface area contributed by atoms with E-state index in [0.717, 1.165) is 17.7 Å². The van der Waals surface area contributed by atoms with Crippen LogP contribution < -0.4 is 4.90 Å². The van der Waals surface area contributed by atoms with Crippen molar-refractivity contribution in [1.29, 1.82) is 0 Å². The second-order valence-electron chi connectivity index (χ2n) is 8.04. The highest BCUT2D eigenvalue weighted by Gasteiger charge is 2.33. The molecule has 1 heterocycles. The van der Waals surface area contributed by atoms with Crippen molar-refractivity contribution in [2.24, 2.45) is 0 Å². The molecule has 0 aliphatic carbocycles. The van der Waals surface area contributed by atoms with Gasteiger partial charge in [-0.1, -0.05) is 91.9 Å². The monoisotopic (exact) mass is 391 g/mol. The van der Waals surface area contributed by atoms with Crippen molar-refractivity contribution in [3.05, 3.63) is 113 Å². The molecule has 5 rings (SSSR count). The molecule has 148 valence electrons. The van der Waals surface area contributed by atoms with Crippen LogP contribution in [0, 0.1) is 0 Å². The fraction of sp³-hybridized carbons (Fsp3) is 0.179. The average molecular weight is 392 g/mol. The third-order valence-corrected chi connectivity index (χ3v) is 6.24. The number of fused-ring (bicyclic) bond motifs is 3. The number of hydrogen-bond donors (Lipinski definition) is 0. The van der Waals surface area contributed by atoms with Crippen molar-refractivity contribution in [1.82, 2.24) is 0 Å². The summed E-state index contributed by atoms with van der Waals surface area (Å²) in [4.78, 5) is 15.3. The molecule has 0 aromatic heterocycles. The van der Waals surface area contributed by atoms with Gasteiger partial charge in [0.25, 0.3) is 0 Å². The van der Waals surface area contributed by atoms with E-state index in [9.17, 15) is 4.79 Å². The molecule has 1 aliphatic heterocycles. The van der Waals surface area contributed by atoms with Gasteiger partial charge in [-0.05, 0) is 45.5 Å². The highest BCUT2D eigenvalue weighted by molar-refractivity contribution is 6.03. The molecule has 0 radical (unpaired) electrons. The number of nitrogens with zero attached hydrogens (tertiary/aromatic N) is 1. The van der Waals surface area contributed by atoms with Gasteiger partial charge in [-0.2, -0.15) is 0 Å². The summed E-state index contributed by atoms with van der Waals surface area (Å²) in [6.45, 7) is 2.77. The number of benzene rings is 4. The Balaban J connectivity index is 1.66. The van der Waals surface area contributed by atoms with Crippen LogP contribution in [0.5, 0.6) is 0 Å². The van der Waals surface area contributed by atoms with Gasteiger partial charge in [-0.15, -0.1) is 0 Å². The molecular weight excluding hydrogens is 366 g/mol. The van der Waals surface area contributed by atoms with Gasteiger partial charge in [0.05, 0.1) is 6.54 Å². The molecule has 4 aromatic carbocycles. The molecule has 4 aromatic rings. The van der Waals surface area contributed by atoms with E-state index in [1.165, 1.54) is 27.5 Å². The van der Waals surface area contributed by atoms with E-state index < -0.39 is 0 Å². The summed E-state index contributed by atoms with van der Waals surface area (Å²) in [7, 11) is 0. The van der Waals surface area contributed by atoms with Crippen LogP contribution in [0.4, 0.5) is 5.69 Å². The zero-order chi connectivity index (χ0) is 20.5. The van der Waals surface area contributed by atoms with E-state index in [0.29, 0.717) is 13.0 Å². The zero-order valence-electron chi connectivity index (χ0n) is 17.2. The van der Waals surface area contributed by atoms with E-state index in [-0.39, 0.29) is 11.8 Å². The molecule has 1 unspecified atom stereocenters. The summed E-state index contributed by atoms with van der Waals surface area (Å²) in [5.74, 6) is 0.266. The summed E-state index contributed by atoms with van der Waals surface area (Å²) in [6, 6.07) is 31.8. The number of carbonyl (C=O) groups excluding carboxylic acids is 1. The Morgan fingerprint density at radius 3 is 2.30 bits per heavy atom. The normalized spacial score (nSPS) is 16.0. The summed E-state index contributed by atoms with van der Waals surface area (Å²) in [5.41, 5.74) is 6.00. The van der Waals surface area contributed by atoms with E-state index >= 15 is 0 Å². The quantitative estimate of drug-likeness (QED) is 0.390. The first-order valence-electron chi connectivity index (χ1n) is 10.7. The van der Waals surface area contributed by atoms with Crippen LogP contribution >= 0.6 is 0 Å². The summed E-state index contributed by atoms with van der Waals surface area (Å²) in [5, 5.41) is 2.46. The molecule has 0 saturated carbocycles. The SMILES string of the molecule is CCc1ccc(C2CC(=O)N(Cc3ccccc3)c3ccc4ccccc4c32)cc1. The molecule has 0 saturated heterocycles. The lowest BCUT2D eigenvalue weighted by Gasteiger charge is -2.35. The lowest BCUT2D eigenvalue weighted by Crippen LogP contribution is -2.36. The predicted molar refractivity (Wildman–Crippen MR) is 124 cm³/mol. The molecule has 1 atom stereocenters. The van der Waals surface area contributed by atoms with Crippen molar-refractivity contribution in [2.75, 3.05) is 4.90 Å². The largest absolute Gasteiger partial charge is 0.308 e.